The summed E-state index contributed by atoms with van der Waals surface area (Å²) in [6.07, 6.45) is 0.434. The Morgan fingerprint density at radius 2 is 0.653 bits per heavy atom. The number of esters is 2. The molecule has 0 aromatic rings. The van der Waals surface area contributed by atoms with Crippen LogP contribution in [0.5, 0.6) is 0 Å². The Kier molecular flexibility index (Phi) is 31.4. The third-order valence-electron chi connectivity index (χ3n) is 5.89. The Labute approximate surface area is 294 Å². The third kappa shape index (κ3) is 39.1. The van der Waals surface area contributed by atoms with E-state index in [1.165, 1.54) is 0 Å². The molecule has 0 unspecified atom stereocenters. The molecule has 0 spiro atoms. The Bertz CT molecular complexity index is 713. The van der Waals surface area contributed by atoms with Gasteiger partial charge in [-0.25, -0.2) is 0 Å². The van der Waals surface area contributed by atoms with Crippen LogP contribution in [0.15, 0.2) is 0 Å². The van der Waals surface area contributed by atoms with Gasteiger partial charge >= 0.3 is 11.9 Å². The van der Waals surface area contributed by atoms with Gasteiger partial charge in [-0.3, -0.25) is 14.5 Å². The molecule has 0 radical (unpaired) electrons. The van der Waals surface area contributed by atoms with E-state index in [0.717, 1.165) is 6.54 Å². The summed E-state index contributed by atoms with van der Waals surface area (Å²) in [6, 6.07) is 0. The zero-order valence-corrected chi connectivity index (χ0v) is 31.3. The molecule has 0 heterocycles. The van der Waals surface area contributed by atoms with E-state index in [9.17, 15) is 9.59 Å². The first-order chi connectivity index (χ1) is 23.4. The highest BCUT2D eigenvalue weighted by molar-refractivity contribution is 5.70. The highest BCUT2D eigenvalue weighted by Crippen LogP contribution is 2.09. The van der Waals surface area contributed by atoms with E-state index in [1.54, 1.807) is 0 Å². The normalized spacial score (nSPS) is 12.2. The van der Waals surface area contributed by atoms with Gasteiger partial charge in [0.05, 0.1) is 132 Å². The second-order valence-electron chi connectivity index (χ2n) is 12.8. The molecule has 0 saturated heterocycles. The maximum absolute atomic E-state index is 11.7. The molecule has 49 heavy (non-hydrogen) atoms. The van der Waals surface area contributed by atoms with E-state index in [1.807, 2.05) is 41.5 Å². The van der Waals surface area contributed by atoms with Gasteiger partial charge in [0.2, 0.25) is 0 Å². The molecule has 0 aliphatic carbocycles. The third-order valence-corrected chi connectivity index (χ3v) is 5.89. The van der Waals surface area contributed by atoms with Crippen molar-refractivity contribution in [3.8, 4) is 0 Å². The van der Waals surface area contributed by atoms with E-state index in [2.05, 4.69) is 4.90 Å². The van der Waals surface area contributed by atoms with Crippen LogP contribution in [0.3, 0.4) is 0 Å². The molecule has 0 aromatic carbocycles. The highest BCUT2D eigenvalue weighted by atomic mass is 16.6. The van der Waals surface area contributed by atoms with Crippen LogP contribution in [0.4, 0.5) is 0 Å². The summed E-state index contributed by atoms with van der Waals surface area (Å²) >= 11 is 0. The summed E-state index contributed by atoms with van der Waals surface area (Å²) in [5.74, 6) is -0.548. The number of rotatable bonds is 35. The van der Waals surface area contributed by atoms with Gasteiger partial charge in [-0.1, -0.05) is 0 Å². The standard InChI is InChI=1S/C34H68N2O13/c1-33(2,3)48-31(37)7-13-39-19-25-45-28-22-42-16-10-36(12-18-44-24-30-47-27-21-41-15-9-35)11-17-43-23-29-46-26-20-40-14-8-32(38)49-34(4,5)6/h7-30,35H2,1-6H3. The number of hydrogen-bond acceptors (Lipinski definition) is 15. The molecule has 2 N–H and O–H groups in total. The van der Waals surface area contributed by atoms with Crippen molar-refractivity contribution in [1.29, 1.82) is 0 Å². The molecule has 15 heteroatoms. The Hall–Kier alpha value is -1.50. The molecule has 0 bridgehead atoms. The average molecular weight is 713 g/mol. The molecule has 0 atom stereocenters. The second kappa shape index (κ2) is 32.4. The van der Waals surface area contributed by atoms with Crippen LogP contribution in [0.2, 0.25) is 0 Å². The van der Waals surface area contributed by atoms with Crippen molar-refractivity contribution >= 4 is 11.9 Å². The lowest BCUT2D eigenvalue weighted by Crippen LogP contribution is -2.34. The first kappa shape index (κ1) is 47.5. The van der Waals surface area contributed by atoms with Gasteiger partial charge in [0.15, 0.2) is 0 Å². The topological polar surface area (TPSA) is 165 Å². The minimum atomic E-state index is -0.491. The van der Waals surface area contributed by atoms with Crippen LogP contribution in [0, 0.1) is 0 Å². The van der Waals surface area contributed by atoms with E-state index < -0.39 is 11.2 Å². The second-order valence-corrected chi connectivity index (χ2v) is 12.8. The Balaban J connectivity index is 4.03. The minimum absolute atomic E-state index is 0.217. The molecular formula is C34H68N2O13. The molecule has 0 fully saturated rings. The van der Waals surface area contributed by atoms with Crippen LogP contribution < -0.4 is 5.73 Å². The molecule has 292 valence electrons. The van der Waals surface area contributed by atoms with Crippen LogP contribution in [-0.4, -0.2) is 173 Å². The van der Waals surface area contributed by atoms with Crippen LogP contribution in [-0.2, 0) is 61.7 Å². The first-order valence-electron chi connectivity index (χ1n) is 17.5. The van der Waals surface area contributed by atoms with Crippen molar-refractivity contribution in [2.75, 3.05) is 145 Å². The molecular weight excluding hydrogens is 644 g/mol. The summed E-state index contributed by atoms with van der Waals surface area (Å²) < 4.78 is 60.5. The first-order valence-corrected chi connectivity index (χ1v) is 17.5. The van der Waals surface area contributed by atoms with Gasteiger partial charge in [0.1, 0.15) is 11.2 Å². The van der Waals surface area contributed by atoms with E-state index in [4.69, 9.17) is 57.8 Å². The summed E-state index contributed by atoms with van der Waals surface area (Å²) in [5.41, 5.74) is 4.41. The lowest BCUT2D eigenvalue weighted by Gasteiger charge is -2.22. The van der Waals surface area contributed by atoms with Crippen molar-refractivity contribution in [1.82, 2.24) is 4.90 Å². The summed E-state index contributed by atoms with van der Waals surface area (Å²) in [5, 5.41) is 0. The smallest absolute Gasteiger partial charge is 0.308 e. The van der Waals surface area contributed by atoms with Gasteiger partial charge < -0.3 is 57.8 Å². The van der Waals surface area contributed by atoms with Crippen LogP contribution in [0.1, 0.15) is 54.4 Å². The van der Waals surface area contributed by atoms with Gasteiger partial charge in [0.25, 0.3) is 0 Å². The zero-order valence-electron chi connectivity index (χ0n) is 31.3. The van der Waals surface area contributed by atoms with Crippen molar-refractivity contribution in [3.63, 3.8) is 0 Å². The quantitative estimate of drug-likeness (QED) is 0.0747. The largest absolute Gasteiger partial charge is 0.460 e. The zero-order chi connectivity index (χ0) is 36.5. The summed E-state index contributed by atoms with van der Waals surface area (Å²) in [4.78, 5) is 25.6. The molecule has 0 amide bonds. The predicted octanol–water partition coefficient (Wildman–Crippen LogP) is 1.86. The van der Waals surface area contributed by atoms with Crippen molar-refractivity contribution in [2.45, 2.75) is 65.6 Å². The number of hydrogen-bond donors (Lipinski definition) is 1. The van der Waals surface area contributed by atoms with Crippen LogP contribution >= 0.6 is 0 Å². The van der Waals surface area contributed by atoms with Gasteiger partial charge in [-0.2, -0.15) is 0 Å². The van der Waals surface area contributed by atoms with Gasteiger partial charge in [-0.05, 0) is 41.5 Å². The fourth-order valence-electron chi connectivity index (χ4n) is 3.72. The molecule has 15 nitrogen and oxygen atoms in total. The van der Waals surface area contributed by atoms with Crippen LogP contribution in [0.25, 0.3) is 0 Å². The monoisotopic (exact) mass is 712 g/mol. The van der Waals surface area contributed by atoms with Gasteiger partial charge in [0, 0.05) is 26.2 Å². The average Bonchev–Trinajstić information content (AvgIpc) is 3.01. The van der Waals surface area contributed by atoms with Crippen molar-refractivity contribution < 1.29 is 61.7 Å². The maximum Gasteiger partial charge on any atom is 0.308 e. The van der Waals surface area contributed by atoms with Gasteiger partial charge in [-0.15, -0.1) is 0 Å². The molecule has 0 aromatic heterocycles. The molecule has 0 aliphatic rings. The lowest BCUT2D eigenvalue weighted by molar-refractivity contribution is -0.157. The number of ether oxygens (including phenoxy) is 11. The van der Waals surface area contributed by atoms with Crippen molar-refractivity contribution in [3.05, 3.63) is 0 Å². The lowest BCUT2D eigenvalue weighted by atomic mass is 10.2. The van der Waals surface area contributed by atoms with Crippen molar-refractivity contribution in [2.24, 2.45) is 5.73 Å². The number of carbonyl (C=O) groups excluding carboxylic acids is 2. The fraction of sp³-hybridized carbons (Fsp3) is 0.941. The van der Waals surface area contributed by atoms with E-state index >= 15 is 0 Å². The summed E-state index contributed by atoms with van der Waals surface area (Å²) in [7, 11) is 0. The Morgan fingerprint density at radius 1 is 0.408 bits per heavy atom. The molecule has 0 rings (SSSR count). The number of nitrogens with two attached hydrogens (primary N) is 1. The highest BCUT2D eigenvalue weighted by Gasteiger charge is 2.16. The molecule has 0 saturated carbocycles. The Morgan fingerprint density at radius 3 is 0.918 bits per heavy atom. The fourth-order valence-corrected chi connectivity index (χ4v) is 3.72. The number of nitrogens with zero attached hydrogens (tertiary/aromatic N) is 1. The number of carbonyl (C=O) groups is 2. The predicted molar refractivity (Wildman–Crippen MR) is 184 cm³/mol. The maximum atomic E-state index is 11.7. The SMILES string of the molecule is CC(C)(C)OC(=O)CCOCCOCCOCCN(CCOCCOCCOCCN)CCOCCOCCOCCC(=O)OC(C)(C)C. The minimum Gasteiger partial charge on any atom is -0.460 e. The summed E-state index contributed by atoms with van der Waals surface area (Å²) in [6.45, 7) is 22.0. The molecule has 0 aliphatic heterocycles. The van der Waals surface area contributed by atoms with E-state index in [-0.39, 0.29) is 24.8 Å². The van der Waals surface area contributed by atoms with E-state index in [0.29, 0.717) is 139 Å².